The standard InChI is InChI=1S/C7H11N3O3S/c1-4-6(10-13-7(12)8-2)14-3-5(11)9-4/h4H,3H2,1-2H3,(H,8,12)(H,9,11)/b10-6+. The van der Waals surface area contributed by atoms with E-state index in [2.05, 4.69) is 20.6 Å². The van der Waals surface area contributed by atoms with Gasteiger partial charge in [-0.05, 0) is 6.92 Å². The van der Waals surface area contributed by atoms with E-state index >= 15 is 0 Å². The molecule has 0 aliphatic carbocycles. The van der Waals surface area contributed by atoms with Crippen molar-refractivity contribution in [2.45, 2.75) is 13.0 Å². The molecule has 2 amide bonds. The van der Waals surface area contributed by atoms with E-state index in [0.717, 1.165) is 0 Å². The molecule has 1 heterocycles. The summed E-state index contributed by atoms with van der Waals surface area (Å²) in [6, 6.07) is -0.203. The Hall–Kier alpha value is -1.24. The first kappa shape index (κ1) is 10.8. The average molecular weight is 217 g/mol. The first-order chi connectivity index (χ1) is 6.63. The van der Waals surface area contributed by atoms with Crippen molar-refractivity contribution in [3.63, 3.8) is 0 Å². The maximum absolute atomic E-state index is 10.9. The molecule has 1 aliphatic rings. The van der Waals surface area contributed by atoms with Crippen molar-refractivity contribution in [3.05, 3.63) is 0 Å². The first-order valence-electron chi connectivity index (χ1n) is 4.02. The van der Waals surface area contributed by atoms with Crippen molar-refractivity contribution in [2.75, 3.05) is 12.8 Å². The summed E-state index contributed by atoms with van der Waals surface area (Å²) < 4.78 is 0. The van der Waals surface area contributed by atoms with E-state index in [1.54, 1.807) is 6.92 Å². The van der Waals surface area contributed by atoms with Gasteiger partial charge in [-0.3, -0.25) is 9.63 Å². The largest absolute Gasteiger partial charge is 0.433 e. The Morgan fingerprint density at radius 3 is 3.07 bits per heavy atom. The summed E-state index contributed by atoms with van der Waals surface area (Å²) in [6.07, 6.45) is -0.623. The lowest BCUT2D eigenvalue weighted by molar-refractivity contribution is -0.118. The molecule has 0 aromatic heterocycles. The number of carbonyl (C=O) groups excluding carboxylic acids is 2. The van der Waals surface area contributed by atoms with Crippen LogP contribution in [0.25, 0.3) is 0 Å². The van der Waals surface area contributed by atoms with Crippen LogP contribution in [0.5, 0.6) is 0 Å². The molecule has 1 aliphatic heterocycles. The van der Waals surface area contributed by atoms with Gasteiger partial charge in [-0.25, -0.2) is 4.79 Å². The van der Waals surface area contributed by atoms with Gasteiger partial charge in [0, 0.05) is 7.05 Å². The van der Waals surface area contributed by atoms with Crippen LogP contribution in [-0.2, 0) is 9.63 Å². The van der Waals surface area contributed by atoms with E-state index in [9.17, 15) is 9.59 Å². The lowest BCUT2D eigenvalue weighted by Crippen LogP contribution is -2.43. The fourth-order valence-electron chi connectivity index (χ4n) is 0.847. The van der Waals surface area contributed by atoms with Crippen molar-refractivity contribution in [3.8, 4) is 0 Å². The topological polar surface area (TPSA) is 79.8 Å². The molecule has 7 heteroatoms. The van der Waals surface area contributed by atoms with Crippen LogP contribution < -0.4 is 10.6 Å². The molecule has 0 bridgehead atoms. The van der Waals surface area contributed by atoms with Gasteiger partial charge in [-0.1, -0.05) is 16.9 Å². The van der Waals surface area contributed by atoms with E-state index in [-0.39, 0.29) is 11.9 Å². The molecular weight excluding hydrogens is 206 g/mol. The van der Waals surface area contributed by atoms with E-state index < -0.39 is 6.09 Å². The van der Waals surface area contributed by atoms with Gasteiger partial charge >= 0.3 is 6.09 Å². The zero-order valence-electron chi connectivity index (χ0n) is 7.86. The zero-order chi connectivity index (χ0) is 10.6. The maximum Gasteiger partial charge on any atom is 0.433 e. The molecule has 0 aromatic rings. The molecule has 6 nitrogen and oxygen atoms in total. The zero-order valence-corrected chi connectivity index (χ0v) is 8.68. The van der Waals surface area contributed by atoms with Crippen LogP contribution >= 0.6 is 11.8 Å². The van der Waals surface area contributed by atoms with Gasteiger partial charge in [0.25, 0.3) is 0 Å². The minimum absolute atomic E-state index is 0.0404. The molecule has 78 valence electrons. The van der Waals surface area contributed by atoms with E-state index in [1.165, 1.54) is 18.8 Å². The number of thioether (sulfide) groups is 1. The number of oxime groups is 1. The molecule has 1 atom stereocenters. The lowest BCUT2D eigenvalue weighted by Gasteiger charge is -2.19. The highest BCUT2D eigenvalue weighted by molar-refractivity contribution is 8.14. The summed E-state index contributed by atoms with van der Waals surface area (Å²) >= 11 is 1.26. The van der Waals surface area contributed by atoms with Gasteiger partial charge in [-0.15, -0.1) is 0 Å². The van der Waals surface area contributed by atoms with Crippen LogP contribution in [0.4, 0.5) is 4.79 Å². The van der Waals surface area contributed by atoms with Crippen LogP contribution in [0.1, 0.15) is 6.92 Å². The van der Waals surface area contributed by atoms with Crippen molar-refractivity contribution >= 4 is 28.8 Å². The number of carbonyl (C=O) groups is 2. The number of nitrogens with one attached hydrogen (secondary N) is 2. The summed E-state index contributed by atoms with van der Waals surface area (Å²) in [5, 5.41) is 9.15. The average Bonchev–Trinajstić information content (AvgIpc) is 2.16. The quantitative estimate of drug-likeness (QED) is 0.475. The first-order valence-corrected chi connectivity index (χ1v) is 5.01. The summed E-state index contributed by atoms with van der Waals surface area (Å²) in [5.41, 5.74) is 0. The molecule has 1 rings (SSSR count). The van der Waals surface area contributed by atoms with Gasteiger partial charge in [0.15, 0.2) is 0 Å². The summed E-state index contributed by atoms with van der Waals surface area (Å²) in [7, 11) is 1.45. The lowest BCUT2D eigenvalue weighted by atomic mass is 10.3. The summed E-state index contributed by atoms with van der Waals surface area (Å²) in [4.78, 5) is 26.1. The molecule has 2 N–H and O–H groups in total. The van der Waals surface area contributed by atoms with Gasteiger partial charge in [-0.2, -0.15) is 0 Å². The molecule has 14 heavy (non-hydrogen) atoms. The molecular formula is C7H11N3O3S. The third kappa shape index (κ3) is 2.91. The Labute approximate surface area is 85.4 Å². The number of hydrogen-bond acceptors (Lipinski definition) is 5. The molecule has 0 aromatic carbocycles. The number of amides is 2. The molecule has 1 saturated heterocycles. The minimum atomic E-state index is -0.623. The normalized spacial score (nSPS) is 24.3. The molecule has 1 fully saturated rings. The molecule has 0 radical (unpaired) electrons. The van der Waals surface area contributed by atoms with E-state index in [0.29, 0.717) is 10.8 Å². The number of nitrogens with zero attached hydrogens (tertiary/aromatic N) is 1. The fraction of sp³-hybridized carbons (Fsp3) is 0.571. The van der Waals surface area contributed by atoms with E-state index in [4.69, 9.17) is 0 Å². The highest BCUT2D eigenvalue weighted by Crippen LogP contribution is 2.13. The monoisotopic (exact) mass is 217 g/mol. The van der Waals surface area contributed by atoms with Crippen LogP contribution in [0, 0.1) is 0 Å². The predicted molar refractivity (Wildman–Crippen MR) is 53.0 cm³/mol. The van der Waals surface area contributed by atoms with Crippen LogP contribution in [-0.4, -0.2) is 35.9 Å². The van der Waals surface area contributed by atoms with Gasteiger partial charge < -0.3 is 10.6 Å². The molecule has 0 saturated carbocycles. The van der Waals surface area contributed by atoms with Crippen molar-refractivity contribution in [1.29, 1.82) is 0 Å². The van der Waals surface area contributed by atoms with Gasteiger partial charge in [0.05, 0.1) is 11.8 Å². The Bertz CT molecular complexity index is 279. The Morgan fingerprint density at radius 2 is 2.50 bits per heavy atom. The van der Waals surface area contributed by atoms with Crippen LogP contribution in [0.2, 0.25) is 0 Å². The maximum atomic E-state index is 10.9. The Morgan fingerprint density at radius 1 is 1.79 bits per heavy atom. The second kappa shape index (κ2) is 4.85. The van der Waals surface area contributed by atoms with Crippen LogP contribution in [0.15, 0.2) is 5.16 Å². The smallest absolute Gasteiger partial charge is 0.347 e. The summed E-state index contributed by atoms with van der Waals surface area (Å²) in [6.45, 7) is 1.77. The second-order valence-electron chi connectivity index (χ2n) is 2.64. The van der Waals surface area contributed by atoms with E-state index in [1.807, 2.05) is 0 Å². The van der Waals surface area contributed by atoms with Crippen LogP contribution in [0.3, 0.4) is 0 Å². The van der Waals surface area contributed by atoms with Crippen molar-refractivity contribution < 1.29 is 14.4 Å². The Kier molecular flexibility index (Phi) is 3.75. The Balaban J connectivity index is 2.51. The third-order valence-corrected chi connectivity index (χ3v) is 2.65. The summed E-state index contributed by atoms with van der Waals surface area (Å²) in [5.74, 6) is 0.265. The fourth-order valence-corrected chi connectivity index (χ4v) is 1.61. The third-order valence-electron chi connectivity index (χ3n) is 1.52. The van der Waals surface area contributed by atoms with Gasteiger partial charge in [0.2, 0.25) is 5.91 Å². The SMILES string of the molecule is CNC(=O)O/N=C1/SCC(=O)NC1C. The molecule has 1 unspecified atom stereocenters. The van der Waals surface area contributed by atoms with Crippen molar-refractivity contribution in [2.24, 2.45) is 5.16 Å². The number of rotatable bonds is 1. The van der Waals surface area contributed by atoms with Gasteiger partial charge in [0.1, 0.15) is 5.04 Å². The van der Waals surface area contributed by atoms with Crippen molar-refractivity contribution in [1.82, 2.24) is 10.6 Å². The number of hydrogen-bond donors (Lipinski definition) is 2. The molecule has 0 spiro atoms. The highest BCUT2D eigenvalue weighted by Gasteiger charge is 2.22. The predicted octanol–water partition coefficient (Wildman–Crippen LogP) is -0.0926. The minimum Gasteiger partial charge on any atom is -0.347 e. The second-order valence-corrected chi connectivity index (χ2v) is 3.63. The highest BCUT2D eigenvalue weighted by atomic mass is 32.2.